The largest absolute Gasteiger partial charge is 0.489 e. The molecule has 0 radical (unpaired) electrons. The van der Waals surface area contributed by atoms with Crippen LogP contribution in [0.2, 0.25) is 5.02 Å². The zero-order valence-corrected chi connectivity index (χ0v) is 12.1. The predicted octanol–water partition coefficient (Wildman–Crippen LogP) is 4.08. The Morgan fingerprint density at radius 3 is 2.60 bits per heavy atom. The fourth-order valence-corrected chi connectivity index (χ4v) is 2.25. The molecule has 0 aliphatic carbocycles. The number of rotatable bonds is 5. The van der Waals surface area contributed by atoms with Crippen LogP contribution < -0.4 is 10.5 Å². The number of hydrogen-bond acceptors (Lipinski definition) is 2. The van der Waals surface area contributed by atoms with Crippen molar-refractivity contribution in [1.82, 2.24) is 0 Å². The number of aryl methyl sites for hydroxylation is 1. The summed E-state index contributed by atoms with van der Waals surface area (Å²) in [6.07, 6.45) is 0.837. The van der Waals surface area contributed by atoms with Gasteiger partial charge in [0, 0.05) is 11.6 Å². The summed E-state index contributed by atoms with van der Waals surface area (Å²) in [6.45, 7) is 2.68. The van der Waals surface area contributed by atoms with Crippen LogP contribution in [0, 0.1) is 5.82 Å². The molecule has 2 aromatic carbocycles. The van der Waals surface area contributed by atoms with Crippen LogP contribution in [0.5, 0.6) is 5.75 Å². The van der Waals surface area contributed by atoms with E-state index >= 15 is 0 Å². The van der Waals surface area contributed by atoms with Crippen LogP contribution in [0.15, 0.2) is 36.4 Å². The molecule has 0 fully saturated rings. The Morgan fingerprint density at radius 2 is 1.90 bits per heavy atom. The zero-order valence-electron chi connectivity index (χ0n) is 11.3. The maximum Gasteiger partial charge on any atom is 0.123 e. The van der Waals surface area contributed by atoms with Gasteiger partial charge in [0.25, 0.3) is 0 Å². The van der Waals surface area contributed by atoms with Crippen molar-refractivity contribution in [3.63, 3.8) is 0 Å². The molecule has 2 aromatic rings. The molecule has 0 unspecified atom stereocenters. The summed E-state index contributed by atoms with van der Waals surface area (Å²) in [5.41, 5.74) is 8.32. The van der Waals surface area contributed by atoms with Gasteiger partial charge in [-0.15, -0.1) is 0 Å². The fourth-order valence-electron chi connectivity index (χ4n) is 2.00. The molecule has 0 atom stereocenters. The van der Waals surface area contributed by atoms with Gasteiger partial charge in [-0.05, 0) is 53.4 Å². The van der Waals surface area contributed by atoms with E-state index < -0.39 is 0 Å². The molecular weight excluding hydrogens is 277 g/mol. The van der Waals surface area contributed by atoms with Crippen LogP contribution in [-0.2, 0) is 19.6 Å². The highest BCUT2D eigenvalue weighted by Gasteiger charge is 2.06. The average Bonchev–Trinajstić information content (AvgIpc) is 2.46. The van der Waals surface area contributed by atoms with Gasteiger partial charge in [0.2, 0.25) is 0 Å². The highest BCUT2D eigenvalue weighted by molar-refractivity contribution is 6.31. The number of nitrogens with two attached hydrogens (primary N) is 1. The molecule has 0 aliphatic rings. The van der Waals surface area contributed by atoms with E-state index in [1.54, 1.807) is 6.07 Å². The summed E-state index contributed by atoms with van der Waals surface area (Å²) in [4.78, 5) is 0. The van der Waals surface area contributed by atoms with Gasteiger partial charge in [0.1, 0.15) is 18.2 Å². The normalized spacial score (nSPS) is 10.6. The molecule has 4 heteroatoms. The predicted molar refractivity (Wildman–Crippen MR) is 79.5 cm³/mol. The van der Waals surface area contributed by atoms with Crippen LogP contribution in [-0.4, -0.2) is 0 Å². The molecule has 0 spiro atoms. The fraction of sp³-hybridized carbons (Fsp3) is 0.250. The molecule has 0 aliphatic heterocycles. The highest BCUT2D eigenvalue weighted by atomic mass is 35.5. The third kappa shape index (κ3) is 3.50. The number of ether oxygens (including phenoxy) is 1. The van der Waals surface area contributed by atoms with Crippen LogP contribution in [0.25, 0.3) is 0 Å². The van der Waals surface area contributed by atoms with Gasteiger partial charge in [0.15, 0.2) is 0 Å². The molecule has 0 saturated carbocycles. The minimum absolute atomic E-state index is 0.286. The smallest absolute Gasteiger partial charge is 0.123 e. The van der Waals surface area contributed by atoms with Gasteiger partial charge in [0.05, 0.1) is 0 Å². The summed E-state index contributed by atoms with van der Waals surface area (Å²) in [6, 6.07) is 10.1. The monoisotopic (exact) mass is 293 g/mol. The summed E-state index contributed by atoms with van der Waals surface area (Å²) in [7, 11) is 0. The van der Waals surface area contributed by atoms with Crippen LogP contribution in [0.1, 0.15) is 23.6 Å². The Labute approximate surface area is 123 Å². The second-order valence-corrected chi connectivity index (χ2v) is 4.92. The Bertz CT molecular complexity index is 601. The molecule has 2 N–H and O–H groups in total. The summed E-state index contributed by atoms with van der Waals surface area (Å²) in [5, 5.41) is 0.730. The van der Waals surface area contributed by atoms with E-state index in [2.05, 4.69) is 0 Å². The van der Waals surface area contributed by atoms with Crippen molar-refractivity contribution in [3.05, 3.63) is 63.9 Å². The zero-order chi connectivity index (χ0) is 14.5. The van der Waals surface area contributed by atoms with Gasteiger partial charge in [-0.1, -0.05) is 24.6 Å². The van der Waals surface area contributed by atoms with Gasteiger partial charge in [-0.2, -0.15) is 0 Å². The quantitative estimate of drug-likeness (QED) is 0.901. The highest BCUT2D eigenvalue weighted by Crippen LogP contribution is 2.23. The summed E-state index contributed by atoms with van der Waals surface area (Å²) < 4.78 is 19.0. The first kappa shape index (κ1) is 14.8. The Balaban J connectivity index is 2.14. The lowest BCUT2D eigenvalue weighted by atomic mass is 10.1. The molecule has 2 rings (SSSR count). The second kappa shape index (κ2) is 6.73. The molecule has 2 nitrogen and oxygen atoms in total. The Morgan fingerprint density at radius 1 is 1.10 bits per heavy atom. The standard InChI is InChI=1S/C16H17ClFNO/c1-2-11-8-15(5-6-16(11)17)20-10-13-7-14(18)4-3-12(13)9-19/h3-8H,2,9-10,19H2,1H3. The third-order valence-corrected chi connectivity index (χ3v) is 3.55. The minimum Gasteiger partial charge on any atom is -0.489 e. The van der Waals surface area contributed by atoms with Gasteiger partial charge in [-0.25, -0.2) is 4.39 Å². The van der Waals surface area contributed by atoms with E-state index in [-0.39, 0.29) is 12.4 Å². The average molecular weight is 294 g/mol. The molecule has 0 amide bonds. The first-order valence-corrected chi connectivity index (χ1v) is 6.90. The Kier molecular flexibility index (Phi) is 4.99. The van der Waals surface area contributed by atoms with Crippen LogP contribution in [0.3, 0.4) is 0 Å². The van der Waals surface area contributed by atoms with Gasteiger partial charge >= 0.3 is 0 Å². The van der Waals surface area contributed by atoms with E-state index in [4.69, 9.17) is 22.1 Å². The number of halogens is 2. The van der Waals surface area contributed by atoms with Crippen molar-refractivity contribution in [1.29, 1.82) is 0 Å². The maximum atomic E-state index is 13.3. The lowest BCUT2D eigenvalue weighted by Gasteiger charge is -2.11. The van der Waals surface area contributed by atoms with E-state index in [1.165, 1.54) is 12.1 Å². The van der Waals surface area contributed by atoms with Crippen molar-refractivity contribution in [3.8, 4) is 5.75 Å². The molecular formula is C16H17ClFNO. The van der Waals surface area contributed by atoms with E-state index in [1.807, 2.05) is 25.1 Å². The molecule has 20 heavy (non-hydrogen) atoms. The second-order valence-electron chi connectivity index (χ2n) is 4.51. The van der Waals surface area contributed by atoms with Gasteiger partial charge in [-0.3, -0.25) is 0 Å². The lowest BCUT2D eigenvalue weighted by molar-refractivity contribution is 0.304. The van der Waals surface area contributed by atoms with Crippen molar-refractivity contribution >= 4 is 11.6 Å². The van der Waals surface area contributed by atoms with E-state index in [9.17, 15) is 4.39 Å². The first-order chi connectivity index (χ1) is 9.63. The van der Waals surface area contributed by atoms with E-state index in [0.717, 1.165) is 33.9 Å². The minimum atomic E-state index is -0.286. The van der Waals surface area contributed by atoms with Crippen molar-refractivity contribution in [2.45, 2.75) is 26.5 Å². The van der Waals surface area contributed by atoms with Crippen LogP contribution in [0.4, 0.5) is 4.39 Å². The first-order valence-electron chi connectivity index (χ1n) is 6.52. The molecule has 0 saturated heterocycles. The van der Waals surface area contributed by atoms with Crippen molar-refractivity contribution in [2.75, 3.05) is 0 Å². The topological polar surface area (TPSA) is 35.2 Å². The number of hydrogen-bond donors (Lipinski definition) is 1. The van der Waals surface area contributed by atoms with Gasteiger partial charge < -0.3 is 10.5 Å². The summed E-state index contributed by atoms with van der Waals surface area (Å²) in [5.74, 6) is 0.435. The SMILES string of the molecule is CCc1cc(OCc2cc(F)ccc2CN)ccc1Cl. The molecule has 0 bridgehead atoms. The third-order valence-electron chi connectivity index (χ3n) is 3.18. The van der Waals surface area contributed by atoms with Crippen LogP contribution >= 0.6 is 11.6 Å². The Hall–Kier alpha value is -1.58. The number of benzene rings is 2. The molecule has 106 valence electrons. The molecule has 0 aromatic heterocycles. The van der Waals surface area contributed by atoms with Crippen molar-refractivity contribution < 1.29 is 9.13 Å². The molecule has 0 heterocycles. The summed E-state index contributed by atoms with van der Waals surface area (Å²) >= 11 is 6.06. The maximum absolute atomic E-state index is 13.3. The lowest BCUT2D eigenvalue weighted by Crippen LogP contribution is -2.05. The van der Waals surface area contributed by atoms with E-state index in [0.29, 0.717) is 6.54 Å². The van der Waals surface area contributed by atoms with Crippen molar-refractivity contribution in [2.24, 2.45) is 5.73 Å².